The first-order chi connectivity index (χ1) is 3.80. The first kappa shape index (κ1) is 6.12. The summed E-state index contributed by atoms with van der Waals surface area (Å²) >= 11 is 8.84. The Kier molecular flexibility index (Phi) is 1.92. The topological polar surface area (TPSA) is 0 Å². The van der Waals surface area contributed by atoms with E-state index in [1.807, 2.05) is 12.1 Å². The highest BCUT2D eigenvalue weighted by atomic mass is 79.9. The van der Waals surface area contributed by atoms with Crippen LogP contribution >= 0.6 is 27.5 Å². The molecule has 41 valence electrons. The van der Waals surface area contributed by atoms with E-state index in [0.29, 0.717) is 5.02 Å². The van der Waals surface area contributed by atoms with Crippen molar-refractivity contribution in [3.8, 4) is 0 Å². The van der Waals surface area contributed by atoms with Gasteiger partial charge in [0.25, 0.3) is 0 Å². The van der Waals surface area contributed by atoms with Gasteiger partial charge in [0, 0.05) is 4.47 Å². The van der Waals surface area contributed by atoms with Gasteiger partial charge in [-0.1, -0.05) is 23.7 Å². The average molecular weight is 190 g/mol. The van der Waals surface area contributed by atoms with Gasteiger partial charge < -0.3 is 0 Å². The van der Waals surface area contributed by atoms with Crippen molar-refractivity contribution < 1.29 is 0 Å². The smallest absolute Gasteiger partial charge is 0.0554 e. The van der Waals surface area contributed by atoms with Gasteiger partial charge in [-0.25, -0.2) is 0 Å². The maximum Gasteiger partial charge on any atom is 0.0554 e. The van der Waals surface area contributed by atoms with Crippen molar-refractivity contribution in [2.75, 3.05) is 0 Å². The summed E-state index contributed by atoms with van der Waals surface area (Å²) < 4.78 is 0.821. The van der Waals surface area contributed by atoms with E-state index in [1.165, 1.54) is 0 Å². The quantitative estimate of drug-likeness (QED) is 0.590. The zero-order chi connectivity index (χ0) is 5.98. The third-order valence-electron chi connectivity index (χ3n) is 0.759. The minimum Gasteiger partial charge on any atom is -0.0831 e. The summed E-state index contributed by atoms with van der Waals surface area (Å²) in [5.41, 5.74) is 0. The largest absolute Gasteiger partial charge is 0.0831 e. The molecule has 0 heterocycles. The second-order valence-corrected chi connectivity index (χ2v) is 2.53. The van der Waals surface area contributed by atoms with Crippen molar-refractivity contribution in [1.82, 2.24) is 0 Å². The Morgan fingerprint density at radius 2 is 2.38 bits per heavy atom. The number of rotatable bonds is 0. The molecule has 8 heavy (non-hydrogen) atoms. The minimum atomic E-state index is 0.701. The van der Waals surface area contributed by atoms with Gasteiger partial charge in [-0.2, -0.15) is 0 Å². The number of hydrogen-bond donors (Lipinski definition) is 0. The molecular formula is C6H3BrCl. The molecule has 1 aromatic carbocycles. The van der Waals surface area contributed by atoms with Crippen LogP contribution in [0.5, 0.6) is 0 Å². The lowest BCUT2D eigenvalue weighted by Crippen LogP contribution is -1.63. The molecule has 1 radical (unpaired) electrons. The Labute approximate surface area is 61.6 Å². The molecule has 1 rings (SSSR count). The molecule has 0 N–H and O–H groups in total. The fourth-order valence-electron chi connectivity index (χ4n) is 0.396. The van der Waals surface area contributed by atoms with Gasteiger partial charge in [-0.05, 0) is 28.1 Å². The van der Waals surface area contributed by atoms with Gasteiger partial charge >= 0.3 is 0 Å². The lowest BCUT2D eigenvalue weighted by Gasteiger charge is -1.88. The lowest BCUT2D eigenvalue weighted by atomic mass is 10.4. The van der Waals surface area contributed by atoms with Crippen LogP contribution in [-0.4, -0.2) is 0 Å². The molecule has 0 saturated carbocycles. The van der Waals surface area contributed by atoms with Crippen molar-refractivity contribution in [3.05, 3.63) is 33.8 Å². The van der Waals surface area contributed by atoms with E-state index >= 15 is 0 Å². The van der Waals surface area contributed by atoms with Gasteiger partial charge in [-0.3, -0.25) is 0 Å². The highest BCUT2D eigenvalue weighted by Gasteiger charge is 1.89. The van der Waals surface area contributed by atoms with Gasteiger partial charge in [0.2, 0.25) is 0 Å². The van der Waals surface area contributed by atoms with E-state index in [2.05, 4.69) is 22.0 Å². The lowest BCUT2D eigenvalue weighted by molar-refractivity contribution is 1.63. The highest BCUT2D eigenvalue weighted by molar-refractivity contribution is 9.10. The summed E-state index contributed by atoms with van der Waals surface area (Å²) in [5, 5.41) is 0.701. The SMILES string of the molecule is Clc1ccc[c]c1Br. The van der Waals surface area contributed by atoms with E-state index in [0.717, 1.165) is 4.47 Å². The number of halogens is 2. The van der Waals surface area contributed by atoms with Crippen molar-refractivity contribution in [3.63, 3.8) is 0 Å². The van der Waals surface area contributed by atoms with Crippen LogP contribution in [0.25, 0.3) is 0 Å². The van der Waals surface area contributed by atoms with E-state index in [-0.39, 0.29) is 0 Å². The Balaban J connectivity index is 3.13. The van der Waals surface area contributed by atoms with Crippen LogP contribution < -0.4 is 0 Å². The minimum absolute atomic E-state index is 0.701. The van der Waals surface area contributed by atoms with Crippen LogP contribution in [-0.2, 0) is 0 Å². The van der Waals surface area contributed by atoms with E-state index < -0.39 is 0 Å². The van der Waals surface area contributed by atoms with Gasteiger partial charge in [0.1, 0.15) is 0 Å². The van der Waals surface area contributed by atoms with Gasteiger partial charge in [-0.15, -0.1) is 0 Å². The Hall–Kier alpha value is -0.0100. The summed E-state index contributed by atoms with van der Waals surface area (Å²) in [4.78, 5) is 0. The first-order valence-corrected chi connectivity index (χ1v) is 3.29. The van der Waals surface area contributed by atoms with E-state index in [4.69, 9.17) is 11.6 Å². The van der Waals surface area contributed by atoms with Crippen LogP contribution in [0.4, 0.5) is 0 Å². The fraction of sp³-hybridized carbons (Fsp3) is 0. The monoisotopic (exact) mass is 189 g/mol. The predicted octanol–water partition coefficient (Wildman–Crippen LogP) is 2.90. The van der Waals surface area contributed by atoms with Crippen molar-refractivity contribution in [2.24, 2.45) is 0 Å². The molecule has 0 amide bonds. The van der Waals surface area contributed by atoms with Gasteiger partial charge in [0.15, 0.2) is 0 Å². The zero-order valence-electron chi connectivity index (χ0n) is 3.99. The first-order valence-electron chi connectivity index (χ1n) is 2.12. The summed E-state index contributed by atoms with van der Waals surface area (Å²) in [6, 6.07) is 8.33. The summed E-state index contributed by atoms with van der Waals surface area (Å²) in [5.74, 6) is 0. The summed E-state index contributed by atoms with van der Waals surface area (Å²) in [6.07, 6.45) is 0. The van der Waals surface area contributed by atoms with Crippen molar-refractivity contribution in [1.29, 1.82) is 0 Å². The molecule has 0 atom stereocenters. The number of hydrogen-bond acceptors (Lipinski definition) is 0. The normalized spacial score (nSPS) is 9.25. The maximum absolute atomic E-state index is 5.63. The Morgan fingerprint density at radius 1 is 1.62 bits per heavy atom. The molecule has 0 unspecified atom stereocenters. The molecule has 0 nitrogen and oxygen atoms in total. The molecule has 0 aliphatic rings. The maximum atomic E-state index is 5.63. The molecule has 2 heteroatoms. The van der Waals surface area contributed by atoms with E-state index in [9.17, 15) is 0 Å². The molecule has 0 saturated heterocycles. The second-order valence-electron chi connectivity index (χ2n) is 1.33. The van der Waals surface area contributed by atoms with Crippen LogP contribution in [0.3, 0.4) is 0 Å². The summed E-state index contributed by atoms with van der Waals surface area (Å²) in [6.45, 7) is 0. The average Bonchev–Trinajstić information content (AvgIpc) is 1.77. The molecule has 0 aromatic heterocycles. The van der Waals surface area contributed by atoms with Crippen LogP contribution in [0.2, 0.25) is 5.02 Å². The van der Waals surface area contributed by atoms with Crippen molar-refractivity contribution in [2.45, 2.75) is 0 Å². The molecule has 0 aliphatic carbocycles. The third-order valence-corrected chi connectivity index (χ3v) is 1.96. The van der Waals surface area contributed by atoms with Crippen LogP contribution in [0.1, 0.15) is 0 Å². The molecule has 0 aliphatic heterocycles. The van der Waals surface area contributed by atoms with Crippen LogP contribution in [0, 0.1) is 6.07 Å². The molecule has 0 bridgehead atoms. The zero-order valence-corrected chi connectivity index (χ0v) is 6.33. The molecule has 0 fully saturated rings. The van der Waals surface area contributed by atoms with E-state index in [1.54, 1.807) is 6.07 Å². The standard InChI is InChI=1S/C6H3BrCl/c7-5-3-1-2-4-6(5)8/h1-2,4H. The Morgan fingerprint density at radius 3 is 2.75 bits per heavy atom. The highest BCUT2D eigenvalue weighted by Crippen LogP contribution is 2.19. The summed E-state index contributed by atoms with van der Waals surface area (Å²) in [7, 11) is 0. The van der Waals surface area contributed by atoms with Gasteiger partial charge in [0.05, 0.1) is 5.02 Å². The third kappa shape index (κ3) is 1.23. The molecular weight excluding hydrogens is 187 g/mol. The Bertz CT molecular complexity index is 165. The molecule has 0 spiro atoms. The van der Waals surface area contributed by atoms with Crippen molar-refractivity contribution >= 4 is 27.5 Å². The predicted molar refractivity (Wildman–Crippen MR) is 38.0 cm³/mol. The van der Waals surface area contributed by atoms with Crippen LogP contribution in [0.15, 0.2) is 22.7 Å². The molecule has 1 aromatic rings. The fourth-order valence-corrected chi connectivity index (χ4v) is 0.788. The number of benzene rings is 1. The second kappa shape index (κ2) is 2.51.